The van der Waals surface area contributed by atoms with Crippen molar-refractivity contribution >= 4 is 162 Å². The molecular formula is C106H94N26O4S4. The first-order chi connectivity index (χ1) is 66.3. The van der Waals surface area contributed by atoms with Crippen LogP contribution >= 0.6 is 45.3 Å². The number of aromatic amines is 8. The third-order valence-electron chi connectivity index (χ3n) is 23.2. The van der Waals surface area contributed by atoms with E-state index in [0.29, 0.717) is 42.8 Å². The summed E-state index contributed by atoms with van der Waals surface area (Å²) < 4.78 is 0. The number of nitrogens with one attached hydrogen (secondary N) is 9. The highest BCUT2D eigenvalue weighted by Crippen LogP contribution is 2.43. The Balaban J connectivity index is 0.000000128. The van der Waals surface area contributed by atoms with E-state index in [0.717, 1.165) is 227 Å². The standard InChI is InChI=1S/C27H23N7OS.C26H21N7OS.C25H18N6OS.C24H16N6OS.4CH4/c1-3-28-10-16-8-18(12-29-11-16)17-4-5-21-19(9-17)26(34-33-21)27-31-22-14-30-13-20(25(22)32-27)24-7-6-23(36-24)15(2)35;1-14(34)22-6-7-23(35-22)19-12-28-13-21-24(19)30-26(29-21)25-18-9-15(4-5-20(18)31-32-25)16-8-17(33(2)3)11-27-10-16;1-13-7-8-26-10-17(13)15-3-4-19-16(9-15)24(31-30-19)25-28-20-12-27-11-18(23(20)29-25)22-6-5-21(33-22)14(2)32;1-13(31)20-6-7-21(32-20)17-11-26-12-19-22(17)28-24(27-19)23-16-9-14(4-5-18(16)29-30-23)15-3-2-8-25-10-15;;;;/h4-9,11-14,28H,3,10H2,1-2H3,(H,31,32)(H,33,34);4-13H,1-3H3,(H,29,30)(H,31,32);3-12H,1-2H3,(H,28,29)(H,30,31);2-12H,1H3,(H,27,28)(H,29,30);4*1H4. The number of hydrogen-bond acceptors (Lipinski definition) is 26. The highest BCUT2D eigenvalue weighted by molar-refractivity contribution is 7.18. The lowest BCUT2D eigenvalue weighted by molar-refractivity contribution is 0.101. The van der Waals surface area contributed by atoms with E-state index in [1.54, 1.807) is 89.7 Å². The number of pyridine rings is 8. The summed E-state index contributed by atoms with van der Waals surface area (Å²) in [6.45, 7) is 12.2. The SMILES string of the molecule is C.C.C.C.CC(=O)c1ccc(-c2cncc3[nH]c(-c4n[nH]c5ccc(-c6cccnc6)cc45)nc23)s1.CC(=O)c1ccc(-c2cncc3[nH]c(-c4n[nH]c5ccc(-c6cncc(N(C)C)c6)cc45)nc23)s1.CC(=O)c1ccc(-c2cncc3[nH]c(-c4n[nH]c5ccc(-c6cnccc6C)cc45)nc23)s1.CCNCc1cncc(-c2ccc3[nH]nc(-c4nc5c(-c6ccc(C(C)=O)s6)cncc5[nH]4)c3c2)c1. The van der Waals surface area contributed by atoms with Crippen LogP contribution in [-0.2, 0) is 6.54 Å². The molecule has 0 amide bonds. The zero-order chi connectivity index (χ0) is 92.9. The number of aryl methyl sites for hydroxylation is 1. The molecule has 20 heterocycles. The van der Waals surface area contributed by atoms with Crippen molar-refractivity contribution in [2.24, 2.45) is 0 Å². The molecule has 9 N–H and O–H groups in total. The zero-order valence-electron chi connectivity index (χ0n) is 74.0. The van der Waals surface area contributed by atoms with E-state index in [1.807, 2.05) is 153 Å². The molecule has 4 aromatic carbocycles. The van der Waals surface area contributed by atoms with Crippen LogP contribution in [0.2, 0.25) is 0 Å². The van der Waals surface area contributed by atoms with Gasteiger partial charge in [-0.25, -0.2) is 19.9 Å². The summed E-state index contributed by atoms with van der Waals surface area (Å²) in [4.78, 5) is 124. The van der Waals surface area contributed by atoms with Gasteiger partial charge in [0, 0.05) is 174 Å². The highest BCUT2D eigenvalue weighted by Gasteiger charge is 2.25. The molecule has 30 nitrogen and oxygen atoms in total. The van der Waals surface area contributed by atoms with Crippen LogP contribution in [0.15, 0.2) is 251 Å². The number of anilines is 1. The predicted molar refractivity (Wildman–Crippen MR) is 565 cm³/mol. The van der Waals surface area contributed by atoms with Crippen molar-refractivity contribution in [3.05, 3.63) is 281 Å². The number of H-pyrrole nitrogens is 8. The van der Waals surface area contributed by atoms with Crippen molar-refractivity contribution < 1.29 is 19.2 Å². The predicted octanol–water partition coefficient (Wildman–Crippen LogP) is 25.0. The number of carbonyl (C=O) groups is 4. The molecule has 0 saturated heterocycles. The first kappa shape index (κ1) is 94.8. The topological polar surface area (TPSA) is 416 Å². The number of ketones is 4. The molecule has 24 aromatic rings. The summed E-state index contributed by atoms with van der Waals surface area (Å²) in [5, 5.41) is 37.9. The number of thiophene rings is 4. The van der Waals surface area contributed by atoms with Crippen LogP contribution in [0.3, 0.4) is 0 Å². The Kier molecular flexibility index (Phi) is 27.2. The molecule has 140 heavy (non-hydrogen) atoms. The summed E-state index contributed by atoms with van der Waals surface area (Å²) in [7, 11) is 4.00. The Morgan fingerprint density at radius 2 is 0.650 bits per heavy atom. The van der Waals surface area contributed by atoms with Gasteiger partial charge in [0.05, 0.1) is 100 Å². The summed E-state index contributed by atoms with van der Waals surface area (Å²) >= 11 is 5.79. The number of carbonyl (C=O) groups excluding carboxylic acids is 4. The van der Waals surface area contributed by atoms with Gasteiger partial charge in [-0.15, -0.1) is 45.3 Å². The molecule has 0 radical (unpaired) electrons. The third-order valence-corrected chi connectivity index (χ3v) is 28.1. The minimum Gasteiger partial charge on any atom is -0.376 e. The van der Waals surface area contributed by atoms with Gasteiger partial charge in [-0.05, 0) is 196 Å². The van der Waals surface area contributed by atoms with Crippen molar-refractivity contribution in [2.75, 3.05) is 25.5 Å². The maximum absolute atomic E-state index is 11.8. The Morgan fingerprint density at radius 3 is 0.993 bits per heavy atom. The molecule has 0 saturated carbocycles. The molecule has 24 rings (SSSR count). The number of Topliss-reactive ketones (excluding diaryl/α,β-unsaturated/α-hetero) is 4. The lowest BCUT2D eigenvalue weighted by atomic mass is 10.0. The molecule has 0 bridgehead atoms. The molecule has 0 unspecified atom stereocenters. The van der Waals surface area contributed by atoms with Gasteiger partial charge in [-0.1, -0.05) is 67.0 Å². The number of benzene rings is 4. The van der Waals surface area contributed by atoms with Crippen LogP contribution in [0, 0.1) is 6.92 Å². The number of nitrogens with zero attached hydrogens (tertiary/aromatic N) is 17. The van der Waals surface area contributed by atoms with E-state index in [4.69, 9.17) is 19.9 Å². The van der Waals surface area contributed by atoms with E-state index in [2.05, 4.69) is 174 Å². The monoisotopic (exact) mass is 1920 g/mol. The molecular weight excluding hydrogens is 1830 g/mol. The summed E-state index contributed by atoms with van der Waals surface area (Å²) in [6.07, 6.45) is 28.9. The summed E-state index contributed by atoms with van der Waals surface area (Å²) in [5.41, 5.74) is 28.4. The van der Waals surface area contributed by atoms with Gasteiger partial charge in [0.25, 0.3) is 0 Å². The van der Waals surface area contributed by atoms with Gasteiger partial charge < -0.3 is 30.2 Å². The van der Waals surface area contributed by atoms with Crippen molar-refractivity contribution in [3.8, 4) is 132 Å². The quantitative estimate of drug-likeness (QED) is 0.0320. The van der Waals surface area contributed by atoms with Crippen LogP contribution in [-0.4, -0.2) is 164 Å². The molecule has 0 aliphatic rings. The molecule has 0 spiro atoms. The average molecular weight is 1920 g/mol. The minimum atomic E-state index is 0. The van der Waals surface area contributed by atoms with E-state index in [1.165, 1.54) is 45.3 Å². The van der Waals surface area contributed by atoms with Crippen LogP contribution in [0.1, 0.15) is 114 Å². The van der Waals surface area contributed by atoms with Gasteiger partial charge in [0.15, 0.2) is 46.4 Å². The fraction of sp³-hybridized carbons (Fsp3) is 0.132. The van der Waals surface area contributed by atoms with Crippen molar-refractivity contribution in [1.29, 1.82) is 0 Å². The maximum Gasteiger partial charge on any atom is 0.169 e. The molecule has 696 valence electrons. The molecule has 0 aliphatic heterocycles. The fourth-order valence-electron chi connectivity index (χ4n) is 16.2. The Hall–Kier alpha value is -16.9. The largest absolute Gasteiger partial charge is 0.376 e. The van der Waals surface area contributed by atoms with Crippen LogP contribution in [0.5, 0.6) is 0 Å². The maximum atomic E-state index is 11.8. The Labute approximate surface area is 818 Å². The first-order valence-corrected chi connectivity index (χ1v) is 46.4. The second-order valence-electron chi connectivity index (χ2n) is 32.5. The van der Waals surface area contributed by atoms with E-state index < -0.39 is 0 Å². The lowest BCUT2D eigenvalue weighted by Gasteiger charge is -2.13. The Bertz CT molecular complexity index is 8750. The molecule has 0 atom stereocenters. The fourth-order valence-corrected chi connectivity index (χ4v) is 19.9. The normalized spacial score (nSPS) is 11.1. The van der Waals surface area contributed by atoms with Gasteiger partial charge in [0.1, 0.15) is 44.8 Å². The van der Waals surface area contributed by atoms with Crippen LogP contribution in [0.4, 0.5) is 5.69 Å². The molecule has 0 aliphatic carbocycles. The van der Waals surface area contributed by atoms with Crippen molar-refractivity contribution in [1.82, 2.24) is 126 Å². The van der Waals surface area contributed by atoms with E-state index in [-0.39, 0.29) is 52.8 Å². The number of imidazole rings is 4. The van der Waals surface area contributed by atoms with E-state index >= 15 is 0 Å². The molecule has 20 aromatic heterocycles. The zero-order valence-corrected chi connectivity index (χ0v) is 77.2. The second-order valence-corrected chi connectivity index (χ2v) is 36.8. The average Bonchev–Trinajstić information content (AvgIpc) is 1.62. The minimum absolute atomic E-state index is 0. The number of rotatable bonds is 20. The summed E-state index contributed by atoms with van der Waals surface area (Å²) in [5.74, 6) is 2.84. The molecule has 34 heteroatoms. The lowest BCUT2D eigenvalue weighted by Crippen LogP contribution is -2.11. The van der Waals surface area contributed by atoms with Crippen LogP contribution < -0.4 is 10.2 Å². The Morgan fingerprint density at radius 1 is 0.321 bits per heavy atom. The van der Waals surface area contributed by atoms with E-state index in [9.17, 15) is 19.2 Å². The van der Waals surface area contributed by atoms with Gasteiger partial charge in [-0.2, -0.15) is 20.4 Å². The van der Waals surface area contributed by atoms with Gasteiger partial charge in [0.2, 0.25) is 0 Å². The number of hydrogen-bond donors (Lipinski definition) is 9. The third kappa shape index (κ3) is 18.6. The van der Waals surface area contributed by atoms with Crippen molar-refractivity contribution in [2.45, 2.75) is 77.8 Å². The second kappa shape index (κ2) is 40.2. The van der Waals surface area contributed by atoms with Crippen LogP contribution in [0.25, 0.3) is 220 Å². The van der Waals surface area contributed by atoms with Crippen molar-refractivity contribution in [3.63, 3.8) is 0 Å². The highest BCUT2D eigenvalue weighted by atomic mass is 32.1. The first-order valence-electron chi connectivity index (χ1n) is 43.2. The number of aromatic nitrogens is 24. The van der Waals surface area contributed by atoms with Gasteiger partial charge in [-0.3, -0.25) is 79.4 Å². The van der Waals surface area contributed by atoms with Gasteiger partial charge >= 0.3 is 0 Å². The molecule has 0 fully saturated rings. The summed E-state index contributed by atoms with van der Waals surface area (Å²) in [6, 6.07) is 50.2. The number of fused-ring (bicyclic) bond motifs is 8. The smallest absolute Gasteiger partial charge is 0.169 e.